The number of hydrogen-bond acceptors (Lipinski definition) is 1. The number of pyridine rings is 1. The molecule has 3 heteroatoms. The monoisotopic (exact) mass is 834 g/mol. The molecule has 0 N–H and O–H groups in total. The van der Waals surface area contributed by atoms with Gasteiger partial charge < -0.3 is 4.98 Å². The van der Waals surface area contributed by atoms with Gasteiger partial charge in [-0.05, 0) is 63.8 Å². The van der Waals surface area contributed by atoms with Crippen molar-refractivity contribution in [1.82, 2.24) is 9.97 Å². The van der Waals surface area contributed by atoms with Crippen LogP contribution in [-0.4, -0.2) is 4.98 Å². The van der Waals surface area contributed by atoms with Crippen LogP contribution < -0.4 is 4.98 Å². The largest absolute Gasteiger partial charge is 3.00 e. The van der Waals surface area contributed by atoms with E-state index in [9.17, 15) is 0 Å². The Labute approximate surface area is 313 Å². The van der Waals surface area contributed by atoms with Crippen LogP contribution in [0.1, 0.15) is 74.9 Å². The van der Waals surface area contributed by atoms with Crippen molar-refractivity contribution in [1.29, 1.82) is 0 Å². The van der Waals surface area contributed by atoms with Gasteiger partial charge in [-0.2, -0.15) is 29.8 Å². The smallest absolute Gasteiger partial charge is 0.656 e. The molecule has 0 aliphatic rings. The molecule has 5 aromatic carbocycles. The fraction of sp³-hybridized carbons (Fsp3) is 0.255. The Morgan fingerprint density at radius 2 is 1.14 bits per heavy atom. The Hall–Kier alpha value is -4.21. The quantitative estimate of drug-likeness (QED) is 0.130. The predicted molar refractivity (Wildman–Crippen MR) is 208 cm³/mol. The van der Waals surface area contributed by atoms with Gasteiger partial charge in [0.1, 0.15) is 0 Å². The minimum Gasteiger partial charge on any atom is -0.656 e. The van der Waals surface area contributed by atoms with E-state index >= 15 is 0 Å². The topological polar surface area (TPSA) is 27.0 Å². The zero-order valence-electron chi connectivity index (χ0n) is 30.9. The minimum atomic E-state index is -0.0445. The first-order valence-electron chi connectivity index (χ1n) is 17.3. The normalized spacial score (nSPS) is 12.0. The average molecular weight is 835 g/mol. The zero-order valence-corrected chi connectivity index (χ0v) is 33.0. The molecule has 0 saturated carbocycles. The number of hydrogen-bond donors (Lipinski definition) is 0. The number of benzene rings is 5. The summed E-state index contributed by atoms with van der Waals surface area (Å²) in [7, 11) is 0. The summed E-state index contributed by atoms with van der Waals surface area (Å²) < 4.78 is 0. The van der Waals surface area contributed by atoms with Crippen LogP contribution >= 0.6 is 0 Å². The van der Waals surface area contributed by atoms with Gasteiger partial charge in [0.15, 0.2) is 0 Å². The van der Waals surface area contributed by atoms with Crippen LogP contribution in [0.3, 0.4) is 0 Å². The summed E-state index contributed by atoms with van der Waals surface area (Å²) in [6, 6.07) is 40.7. The summed E-state index contributed by atoms with van der Waals surface area (Å²) in [5.41, 5.74) is 17.6. The third-order valence-corrected chi connectivity index (χ3v) is 9.52. The standard InChI is InChI=1S/C47H45N2.Au/c1-28-16-29(2)19-32(18-28)34-22-35(33-20-30(3)17-31(4)21-33)24-36(23-34)42-12-11-13-43(48-42)41-27-38(47(8,9)10)26-40-39-25-37(46(5,6)7)14-15-44(39)49-45(40)41;/h11-20,22-23,25-27H,1-10H3;/q-3;+3. The van der Waals surface area contributed by atoms with Crippen LogP contribution in [0.5, 0.6) is 0 Å². The molecule has 0 radical (unpaired) electrons. The molecule has 2 heterocycles. The second kappa shape index (κ2) is 13.2. The van der Waals surface area contributed by atoms with Crippen molar-refractivity contribution in [3.05, 3.63) is 137 Å². The van der Waals surface area contributed by atoms with E-state index in [0.717, 1.165) is 55.8 Å². The Balaban J connectivity index is 0.00000432. The molecule has 7 rings (SSSR count). The summed E-state index contributed by atoms with van der Waals surface area (Å²) in [4.78, 5) is 10.6. The van der Waals surface area contributed by atoms with E-state index in [-0.39, 0.29) is 33.2 Å². The Morgan fingerprint density at radius 1 is 0.540 bits per heavy atom. The second-order valence-corrected chi connectivity index (χ2v) is 16.0. The Bertz CT molecular complexity index is 2280. The molecule has 0 bridgehead atoms. The maximum Gasteiger partial charge on any atom is 3.00 e. The van der Waals surface area contributed by atoms with Crippen molar-refractivity contribution < 1.29 is 22.4 Å². The number of aromatic nitrogens is 2. The van der Waals surface area contributed by atoms with Crippen molar-refractivity contribution in [2.24, 2.45) is 0 Å². The number of rotatable bonds is 4. The fourth-order valence-corrected chi connectivity index (χ4v) is 6.96. The molecule has 0 spiro atoms. The van der Waals surface area contributed by atoms with Gasteiger partial charge in [0, 0.05) is 5.69 Å². The van der Waals surface area contributed by atoms with Crippen LogP contribution in [0.25, 0.3) is 66.6 Å². The third kappa shape index (κ3) is 7.03. The van der Waals surface area contributed by atoms with Gasteiger partial charge in [0.05, 0.1) is 5.69 Å². The summed E-state index contributed by atoms with van der Waals surface area (Å²) in [6.45, 7) is 22.2. The van der Waals surface area contributed by atoms with Crippen molar-refractivity contribution in [2.75, 3.05) is 0 Å². The third-order valence-electron chi connectivity index (χ3n) is 9.52. The van der Waals surface area contributed by atoms with Gasteiger partial charge in [0.2, 0.25) is 0 Å². The van der Waals surface area contributed by atoms with Crippen LogP contribution in [0.2, 0.25) is 0 Å². The molecular weight excluding hydrogens is 789 g/mol. The number of fused-ring (bicyclic) bond motifs is 3. The molecule has 0 atom stereocenters. The van der Waals surface area contributed by atoms with Crippen molar-refractivity contribution in [3.8, 4) is 44.8 Å². The second-order valence-electron chi connectivity index (χ2n) is 16.0. The van der Waals surface area contributed by atoms with E-state index in [2.05, 4.69) is 172 Å². The maximum absolute atomic E-state index is 5.37. The first-order chi connectivity index (χ1) is 23.1. The molecule has 2 nitrogen and oxygen atoms in total. The summed E-state index contributed by atoms with van der Waals surface area (Å²) in [6.07, 6.45) is 0. The molecule has 254 valence electrons. The van der Waals surface area contributed by atoms with Crippen molar-refractivity contribution in [2.45, 2.75) is 80.1 Å². The first-order valence-corrected chi connectivity index (χ1v) is 17.3. The molecular formula is C47H45AuN2. The molecule has 7 aromatic rings. The van der Waals surface area contributed by atoms with Gasteiger partial charge in [-0.1, -0.05) is 133 Å². The van der Waals surface area contributed by atoms with Crippen LogP contribution in [-0.2, 0) is 33.2 Å². The van der Waals surface area contributed by atoms with Gasteiger partial charge in [-0.15, -0.1) is 39.9 Å². The minimum absolute atomic E-state index is 0. The van der Waals surface area contributed by atoms with Gasteiger partial charge in [-0.25, -0.2) is 5.56 Å². The van der Waals surface area contributed by atoms with Crippen LogP contribution in [0.15, 0.2) is 91.0 Å². The van der Waals surface area contributed by atoms with E-state index in [0.29, 0.717) is 0 Å². The van der Waals surface area contributed by atoms with Crippen LogP contribution in [0.4, 0.5) is 0 Å². The summed E-state index contributed by atoms with van der Waals surface area (Å²) in [5.74, 6) is 0. The van der Waals surface area contributed by atoms with E-state index in [4.69, 9.17) is 9.97 Å². The average Bonchev–Trinajstić information content (AvgIpc) is 3.40. The van der Waals surface area contributed by atoms with Crippen molar-refractivity contribution in [3.63, 3.8) is 0 Å². The fourth-order valence-electron chi connectivity index (χ4n) is 6.96. The molecule has 0 aliphatic carbocycles. The molecule has 0 aliphatic heterocycles. The van der Waals surface area contributed by atoms with Crippen molar-refractivity contribution >= 4 is 21.8 Å². The maximum atomic E-state index is 5.37. The number of aryl methyl sites for hydroxylation is 4. The molecule has 2 aromatic heterocycles. The molecule has 0 fully saturated rings. The van der Waals surface area contributed by atoms with E-state index in [1.807, 2.05) is 0 Å². The molecule has 0 saturated heterocycles. The Kier molecular flexibility index (Phi) is 9.37. The first kappa shape index (κ1) is 35.6. The number of nitrogens with zero attached hydrogens (tertiary/aromatic N) is 2. The Morgan fingerprint density at radius 3 is 1.82 bits per heavy atom. The van der Waals surface area contributed by atoms with E-state index < -0.39 is 0 Å². The van der Waals surface area contributed by atoms with Crippen LogP contribution in [0, 0.1) is 39.8 Å². The predicted octanol–water partition coefficient (Wildman–Crippen LogP) is 12.4. The van der Waals surface area contributed by atoms with Gasteiger partial charge in [-0.3, -0.25) is 4.98 Å². The SMILES string of the molecule is Cc1[c-]c(-c2[c-]c(-c3cccc(-c4cc(C(C)(C)C)cc5c4[n-]c4ccc(C(C)(C)C)cc45)n3)cc(-c3cc(C)cc(C)c3)c2)cc(C)c1.[Au+3]. The van der Waals surface area contributed by atoms with Gasteiger partial charge in [0.25, 0.3) is 0 Å². The zero-order chi connectivity index (χ0) is 34.8. The van der Waals surface area contributed by atoms with Gasteiger partial charge >= 0.3 is 22.4 Å². The molecule has 0 unspecified atom stereocenters. The van der Waals surface area contributed by atoms with E-state index in [1.54, 1.807) is 0 Å². The summed E-state index contributed by atoms with van der Waals surface area (Å²) >= 11 is 0. The molecule has 50 heavy (non-hydrogen) atoms. The molecule has 0 amide bonds. The summed E-state index contributed by atoms with van der Waals surface area (Å²) in [5, 5.41) is 2.39. The van der Waals surface area contributed by atoms with E-state index in [1.165, 1.54) is 44.2 Å².